The first-order valence-corrected chi connectivity index (χ1v) is 8.25. The monoisotopic (exact) mass is 326 g/mol. The van der Waals surface area contributed by atoms with Crippen LogP contribution in [-0.4, -0.2) is 11.8 Å². The summed E-state index contributed by atoms with van der Waals surface area (Å²) in [5, 5.41) is 1.89. The number of rotatable bonds is 1. The molecule has 0 saturated heterocycles. The van der Waals surface area contributed by atoms with E-state index in [-0.39, 0.29) is 5.78 Å². The van der Waals surface area contributed by atoms with E-state index >= 15 is 0 Å². The van der Waals surface area contributed by atoms with E-state index in [2.05, 4.69) is 0 Å². The van der Waals surface area contributed by atoms with Crippen molar-refractivity contribution in [2.75, 3.05) is 0 Å². The van der Waals surface area contributed by atoms with Crippen molar-refractivity contribution in [3.05, 3.63) is 89.5 Å². The second-order valence-corrected chi connectivity index (χ2v) is 6.50. The van der Waals surface area contributed by atoms with Crippen molar-refractivity contribution < 1.29 is 14.3 Å². The molecule has 3 aromatic carbocycles. The van der Waals surface area contributed by atoms with Gasteiger partial charge in [-0.15, -0.1) is 0 Å². The molecule has 0 unspecified atom stereocenters. The minimum Gasteiger partial charge on any atom is -0.442 e. The Morgan fingerprint density at radius 1 is 0.840 bits per heavy atom. The first kappa shape index (κ1) is 14.2. The van der Waals surface area contributed by atoms with E-state index in [9.17, 15) is 9.59 Å². The van der Waals surface area contributed by atoms with Crippen molar-refractivity contribution in [1.82, 2.24) is 0 Å². The lowest BCUT2D eigenvalue weighted by Crippen LogP contribution is -2.40. The number of Topliss-reactive ketones (excluding diaryl/α,β-unsaturated/α-hetero) is 1. The molecule has 120 valence electrons. The molecule has 1 atom stereocenters. The molecule has 0 bridgehead atoms. The van der Waals surface area contributed by atoms with Gasteiger partial charge in [-0.3, -0.25) is 4.79 Å². The summed E-state index contributed by atoms with van der Waals surface area (Å²) < 4.78 is 5.71. The van der Waals surface area contributed by atoms with Gasteiger partial charge in [-0.25, -0.2) is 4.79 Å². The van der Waals surface area contributed by atoms with Crippen molar-refractivity contribution in [1.29, 1.82) is 0 Å². The van der Waals surface area contributed by atoms with Crippen molar-refractivity contribution in [2.45, 2.75) is 12.0 Å². The van der Waals surface area contributed by atoms with E-state index in [1.165, 1.54) is 6.08 Å². The lowest BCUT2D eigenvalue weighted by atomic mass is 9.82. The highest BCUT2D eigenvalue weighted by molar-refractivity contribution is 6.21. The van der Waals surface area contributed by atoms with Crippen LogP contribution < -0.4 is 0 Å². The third-order valence-corrected chi connectivity index (χ3v) is 5.10. The smallest absolute Gasteiger partial charge is 0.332 e. The van der Waals surface area contributed by atoms with Crippen LogP contribution in [0.15, 0.2) is 72.8 Å². The van der Waals surface area contributed by atoms with E-state index < -0.39 is 11.6 Å². The largest absolute Gasteiger partial charge is 0.442 e. The average molecular weight is 326 g/mol. The molecule has 1 heterocycles. The maximum Gasteiger partial charge on any atom is 0.332 e. The normalized spacial score (nSPS) is 21.5. The Labute approximate surface area is 144 Å². The summed E-state index contributed by atoms with van der Waals surface area (Å²) in [6.07, 6.45) is 1.85. The van der Waals surface area contributed by atoms with Gasteiger partial charge in [0.25, 0.3) is 0 Å². The number of ketones is 1. The highest BCUT2D eigenvalue weighted by Gasteiger charge is 2.52. The Balaban J connectivity index is 1.73. The fourth-order valence-corrected chi connectivity index (χ4v) is 4.02. The molecule has 0 N–H and O–H groups in total. The molecule has 5 rings (SSSR count). The Kier molecular flexibility index (Phi) is 2.78. The highest BCUT2D eigenvalue weighted by Crippen LogP contribution is 2.49. The summed E-state index contributed by atoms with van der Waals surface area (Å²) in [6, 6.07) is 21.1. The Hall–Kier alpha value is -3.20. The van der Waals surface area contributed by atoms with Crippen LogP contribution in [0.3, 0.4) is 0 Å². The van der Waals surface area contributed by atoms with Gasteiger partial charge >= 0.3 is 5.97 Å². The topological polar surface area (TPSA) is 43.4 Å². The summed E-state index contributed by atoms with van der Waals surface area (Å²) in [6.45, 7) is 0. The van der Waals surface area contributed by atoms with Crippen LogP contribution in [0.5, 0.6) is 0 Å². The SMILES string of the molecule is O=C1C=C(c2ccccc2)C[C@]2(O1)C(=O)c1cccc3cccc2c13. The minimum atomic E-state index is -1.25. The average Bonchev–Trinajstić information content (AvgIpc) is 2.87. The van der Waals surface area contributed by atoms with Crippen LogP contribution >= 0.6 is 0 Å². The summed E-state index contributed by atoms with van der Waals surface area (Å²) in [5.41, 5.74) is 1.94. The Bertz CT molecular complexity index is 1070. The number of ether oxygens (including phenoxy) is 1. The maximum atomic E-state index is 13.3. The molecule has 3 aromatic rings. The number of esters is 1. The molecule has 1 aliphatic carbocycles. The number of carbonyl (C=O) groups excluding carboxylic acids is 2. The lowest BCUT2D eigenvalue weighted by molar-refractivity contribution is -0.150. The second kappa shape index (κ2) is 4.90. The molecular formula is C22H14O3. The molecule has 1 spiro atoms. The highest BCUT2D eigenvalue weighted by atomic mass is 16.6. The molecule has 25 heavy (non-hydrogen) atoms. The van der Waals surface area contributed by atoms with Gasteiger partial charge in [-0.05, 0) is 16.5 Å². The second-order valence-electron chi connectivity index (χ2n) is 6.50. The van der Waals surface area contributed by atoms with Crippen LogP contribution in [0.2, 0.25) is 0 Å². The van der Waals surface area contributed by atoms with Crippen molar-refractivity contribution >= 4 is 28.1 Å². The van der Waals surface area contributed by atoms with Crippen LogP contribution in [-0.2, 0) is 15.1 Å². The predicted octanol–water partition coefficient (Wildman–Crippen LogP) is 4.26. The number of fused-ring (bicyclic) bond motifs is 1. The van der Waals surface area contributed by atoms with Crippen LogP contribution in [0, 0.1) is 0 Å². The van der Waals surface area contributed by atoms with Gasteiger partial charge in [-0.2, -0.15) is 0 Å². The summed E-state index contributed by atoms with van der Waals surface area (Å²) in [7, 11) is 0. The number of benzene rings is 3. The zero-order valence-electron chi connectivity index (χ0n) is 13.4. The van der Waals surface area contributed by atoms with Gasteiger partial charge in [0.05, 0.1) is 0 Å². The third kappa shape index (κ3) is 1.86. The Morgan fingerprint density at radius 2 is 1.60 bits per heavy atom. The zero-order valence-corrected chi connectivity index (χ0v) is 13.4. The molecule has 3 heteroatoms. The Morgan fingerprint density at radius 3 is 2.40 bits per heavy atom. The van der Waals surface area contributed by atoms with E-state index in [1.807, 2.05) is 66.7 Å². The lowest BCUT2D eigenvalue weighted by Gasteiger charge is -2.33. The first-order chi connectivity index (χ1) is 12.2. The van der Waals surface area contributed by atoms with Crippen molar-refractivity contribution in [3.63, 3.8) is 0 Å². The maximum absolute atomic E-state index is 13.3. The summed E-state index contributed by atoms with van der Waals surface area (Å²) in [4.78, 5) is 25.6. The van der Waals surface area contributed by atoms with Crippen LogP contribution in [0.4, 0.5) is 0 Å². The van der Waals surface area contributed by atoms with E-state index in [1.54, 1.807) is 0 Å². The summed E-state index contributed by atoms with van der Waals surface area (Å²) >= 11 is 0. The number of hydrogen-bond acceptors (Lipinski definition) is 3. The van der Waals surface area contributed by atoms with Gasteiger partial charge in [-0.1, -0.05) is 66.7 Å². The van der Waals surface area contributed by atoms with Gasteiger partial charge in [0.15, 0.2) is 0 Å². The van der Waals surface area contributed by atoms with Gasteiger partial charge in [0.2, 0.25) is 11.4 Å². The molecule has 2 aliphatic rings. The molecule has 0 aromatic heterocycles. The van der Waals surface area contributed by atoms with E-state index in [0.29, 0.717) is 12.0 Å². The van der Waals surface area contributed by atoms with Crippen molar-refractivity contribution in [3.8, 4) is 0 Å². The fraction of sp³-hybridized carbons (Fsp3) is 0.0909. The molecule has 0 saturated carbocycles. The molecule has 0 radical (unpaired) electrons. The zero-order chi connectivity index (χ0) is 17.0. The molecule has 0 fully saturated rings. The van der Waals surface area contributed by atoms with Gasteiger partial charge in [0.1, 0.15) is 0 Å². The van der Waals surface area contributed by atoms with Crippen molar-refractivity contribution in [2.24, 2.45) is 0 Å². The van der Waals surface area contributed by atoms with E-state index in [4.69, 9.17) is 4.74 Å². The summed E-state index contributed by atoms with van der Waals surface area (Å²) in [5.74, 6) is -0.600. The first-order valence-electron chi connectivity index (χ1n) is 8.25. The standard InChI is InChI=1S/C22H14O3/c23-19-12-16(14-6-2-1-3-7-14)13-22(25-19)18-11-5-9-15-8-4-10-17(20(15)18)21(22)24/h1-12H,13H2/t22-/m1/s1. The van der Waals surface area contributed by atoms with E-state index in [0.717, 1.165) is 27.5 Å². The number of carbonyl (C=O) groups is 2. The third-order valence-electron chi connectivity index (χ3n) is 5.10. The molecule has 0 amide bonds. The number of hydrogen-bond donors (Lipinski definition) is 0. The minimum absolute atomic E-state index is 0.130. The predicted molar refractivity (Wildman–Crippen MR) is 95.1 cm³/mol. The van der Waals surface area contributed by atoms with Gasteiger partial charge < -0.3 is 4.74 Å². The molecule has 1 aliphatic heterocycles. The van der Waals surface area contributed by atoms with Crippen LogP contribution in [0.25, 0.3) is 16.3 Å². The van der Waals surface area contributed by atoms with Crippen LogP contribution in [0.1, 0.15) is 27.9 Å². The fourth-order valence-electron chi connectivity index (χ4n) is 4.02. The molecule has 3 nitrogen and oxygen atoms in total. The van der Waals surface area contributed by atoms with Gasteiger partial charge in [0, 0.05) is 29.0 Å². The quantitative estimate of drug-likeness (QED) is 0.628. The molecular weight excluding hydrogens is 312 g/mol.